The fourth-order valence-electron chi connectivity index (χ4n) is 2.57. The van der Waals surface area contributed by atoms with Crippen molar-refractivity contribution >= 4 is 17.7 Å². The Kier molecular flexibility index (Phi) is 5.11. The summed E-state index contributed by atoms with van der Waals surface area (Å²) in [6, 6.07) is 5.83. The topological polar surface area (TPSA) is 72.3 Å². The van der Waals surface area contributed by atoms with Crippen LogP contribution in [-0.4, -0.2) is 39.5 Å². The zero-order valence-corrected chi connectivity index (χ0v) is 14.0. The fraction of sp³-hybridized carbons (Fsp3) is 0.353. The van der Waals surface area contributed by atoms with Crippen molar-refractivity contribution in [2.45, 2.75) is 30.9 Å². The lowest BCUT2D eigenvalue weighted by Crippen LogP contribution is -2.12. The Bertz CT molecular complexity index is 746. The molecule has 0 saturated carbocycles. The van der Waals surface area contributed by atoms with Gasteiger partial charge in [0, 0.05) is 17.9 Å². The van der Waals surface area contributed by atoms with Crippen LogP contribution in [0.1, 0.15) is 28.9 Å². The number of hydrogen-bond acceptors (Lipinski definition) is 5. The van der Waals surface area contributed by atoms with Crippen LogP contribution in [-0.2, 0) is 4.74 Å². The summed E-state index contributed by atoms with van der Waals surface area (Å²) in [4.78, 5) is 20.2. The number of benzene rings is 1. The molecule has 0 spiro atoms. The minimum absolute atomic E-state index is 0.115. The number of ether oxygens (including phenoxy) is 1. The Hall–Kier alpha value is -1.99. The van der Waals surface area contributed by atoms with Crippen LogP contribution in [0.25, 0.3) is 11.4 Å². The zero-order valence-electron chi connectivity index (χ0n) is 13.2. The summed E-state index contributed by atoms with van der Waals surface area (Å²) in [6.07, 6.45) is 2.13. The summed E-state index contributed by atoms with van der Waals surface area (Å²) >= 11 is 1.37. The molecule has 1 aromatic carbocycles. The molecular formula is C17H17FN2O3S. The molecule has 126 valence electrons. The second-order valence-electron chi connectivity index (χ2n) is 5.57. The standard InChI is InChI=1S/C17H17FN2O3S/c1-10-14(17(21)22)16(24-9-13-3-2-8-23-13)20-15(19-10)11-4-6-12(18)7-5-11/h4-7,13H,2-3,8-9H2,1H3,(H,21,22). The first kappa shape index (κ1) is 16.9. The molecule has 3 rings (SSSR count). The average molecular weight is 348 g/mol. The van der Waals surface area contributed by atoms with Gasteiger partial charge in [0.25, 0.3) is 0 Å². The van der Waals surface area contributed by atoms with E-state index in [2.05, 4.69) is 9.97 Å². The van der Waals surface area contributed by atoms with Gasteiger partial charge in [0.1, 0.15) is 16.4 Å². The molecule has 0 bridgehead atoms. The predicted octanol–water partition coefficient (Wildman–Crippen LogP) is 3.56. The number of thioether (sulfide) groups is 1. The predicted molar refractivity (Wildman–Crippen MR) is 88.8 cm³/mol. The van der Waals surface area contributed by atoms with Crippen molar-refractivity contribution in [1.29, 1.82) is 0 Å². The number of carboxylic acids is 1. The first-order valence-corrected chi connectivity index (χ1v) is 8.65. The third-order valence-electron chi connectivity index (χ3n) is 3.80. The van der Waals surface area contributed by atoms with E-state index < -0.39 is 5.97 Å². The van der Waals surface area contributed by atoms with Gasteiger partial charge in [-0.2, -0.15) is 0 Å². The molecule has 2 aromatic rings. The van der Waals surface area contributed by atoms with Gasteiger partial charge in [0.05, 0.1) is 11.8 Å². The third kappa shape index (κ3) is 3.73. The van der Waals surface area contributed by atoms with Crippen LogP contribution >= 0.6 is 11.8 Å². The molecule has 1 fully saturated rings. The minimum atomic E-state index is -1.05. The van der Waals surface area contributed by atoms with Gasteiger partial charge in [-0.3, -0.25) is 0 Å². The highest BCUT2D eigenvalue weighted by Crippen LogP contribution is 2.29. The van der Waals surface area contributed by atoms with Crippen molar-refractivity contribution in [2.24, 2.45) is 0 Å². The van der Waals surface area contributed by atoms with Gasteiger partial charge in [0.2, 0.25) is 0 Å². The first-order valence-electron chi connectivity index (χ1n) is 7.67. The lowest BCUT2D eigenvalue weighted by Gasteiger charge is -2.12. The second kappa shape index (κ2) is 7.27. The van der Waals surface area contributed by atoms with Gasteiger partial charge in [-0.1, -0.05) is 0 Å². The summed E-state index contributed by atoms with van der Waals surface area (Å²) in [5.74, 6) is -0.342. The van der Waals surface area contributed by atoms with E-state index in [4.69, 9.17) is 4.74 Å². The van der Waals surface area contributed by atoms with Gasteiger partial charge < -0.3 is 9.84 Å². The highest BCUT2D eigenvalue weighted by Gasteiger charge is 2.22. The number of carbonyl (C=O) groups is 1. The number of halogens is 1. The van der Waals surface area contributed by atoms with E-state index in [0.29, 0.717) is 27.9 Å². The fourth-order valence-corrected chi connectivity index (χ4v) is 3.71. The van der Waals surface area contributed by atoms with Crippen LogP contribution in [0.5, 0.6) is 0 Å². The van der Waals surface area contributed by atoms with Crippen LogP contribution in [0.4, 0.5) is 4.39 Å². The number of hydrogen-bond donors (Lipinski definition) is 1. The Labute approximate surface area is 143 Å². The van der Waals surface area contributed by atoms with Crippen molar-refractivity contribution in [3.63, 3.8) is 0 Å². The molecule has 7 heteroatoms. The van der Waals surface area contributed by atoms with Crippen LogP contribution in [0, 0.1) is 12.7 Å². The van der Waals surface area contributed by atoms with E-state index in [1.165, 1.54) is 23.9 Å². The van der Waals surface area contributed by atoms with E-state index in [1.807, 2.05) is 0 Å². The minimum Gasteiger partial charge on any atom is -0.478 e. The molecule has 0 radical (unpaired) electrons. The Morgan fingerprint density at radius 2 is 2.12 bits per heavy atom. The molecule has 1 saturated heterocycles. The number of nitrogens with zero attached hydrogens (tertiary/aromatic N) is 2. The first-order chi connectivity index (χ1) is 11.5. The van der Waals surface area contributed by atoms with E-state index in [1.54, 1.807) is 19.1 Å². The van der Waals surface area contributed by atoms with Crippen molar-refractivity contribution in [2.75, 3.05) is 12.4 Å². The molecule has 5 nitrogen and oxygen atoms in total. The molecule has 24 heavy (non-hydrogen) atoms. The molecule has 0 aliphatic carbocycles. The second-order valence-corrected chi connectivity index (χ2v) is 6.58. The van der Waals surface area contributed by atoms with Gasteiger partial charge in [-0.15, -0.1) is 11.8 Å². The third-order valence-corrected chi connectivity index (χ3v) is 4.91. The van der Waals surface area contributed by atoms with Crippen molar-refractivity contribution in [3.05, 3.63) is 41.3 Å². The molecule has 0 amide bonds. The SMILES string of the molecule is Cc1nc(-c2ccc(F)cc2)nc(SCC2CCCO2)c1C(=O)O. The maximum atomic E-state index is 13.1. The van der Waals surface area contributed by atoms with Gasteiger partial charge in [-0.05, 0) is 44.0 Å². The number of aryl methyl sites for hydroxylation is 1. The summed E-state index contributed by atoms with van der Waals surface area (Å²) in [5.41, 5.74) is 1.16. The molecule has 2 heterocycles. The Morgan fingerprint density at radius 3 is 2.75 bits per heavy atom. The molecule has 1 aromatic heterocycles. The molecule has 1 unspecified atom stereocenters. The van der Waals surface area contributed by atoms with E-state index in [0.717, 1.165) is 19.4 Å². The van der Waals surface area contributed by atoms with Crippen LogP contribution in [0.2, 0.25) is 0 Å². The number of aromatic nitrogens is 2. The lowest BCUT2D eigenvalue weighted by atomic mass is 10.2. The normalized spacial score (nSPS) is 17.2. The lowest BCUT2D eigenvalue weighted by molar-refractivity contribution is 0.0690. The van der Waals surface area contributed by atoms with E-state index in [9.17, 15) is 14.3 Å². The van der Waals surface area contributed by atoms with Crippen LogP contribution in [0.15, 0.2) is 29.3 Å². The molecule has 1 aliphatic rings. The van der Waals surface area contributed by atoms with Crippen LogP contribution in [0.3, 0.4) is 0 Å². The smallest absolute Gasteiger partial charge is 0.340 e. The maximum absolute atomic E-state index is 13.1. The number of aromatic carboxylic acids is 1. The number of rotatable bonds is 5. The Balaban J connectivity index is 1.93. The van der Waals surface area contributed by atoms with Crippen molar-refractivity contribution in [3.8, 4) is 11.4 Å². The van der Waals surface area contributed by atoms with Gasteiger partial charge >= 0.3 is 5.97 Å². The van der Waals surface area contributed by atoms with Gasteiger partial charge in [-0.25, -0.2) is 19.2 Å². The molecular weight excluding hydrogens is 331 g/mol. The zero-order chi connectivity index (χ0) is 17.1. The average Bonchev–Trinajstić information content (AvgIpc) is 3.06. The molecule has 1 aliphatic heterocycles. The molecule has 1 atom stereocenters. The molecule has 1 N–H and O–H groups in total. The summed E-state index contributed by atoms with van der Waals surface area (Å²) in [6.45, 7) is 2.40. The highest BCUT2D eigenvalue weighted by atomic mass is 32.2. The van der Waals surface area contributed by atoms with Crippen LogP contribution < -0.4 is 0 Å². The van der Waals surface area contributed by atoms with Gasteiger partial charge in [0.15, 0.2) is 5.82 Å². The Morgan fingerprint density at radius 1 is 1.38 bits per heavy atom. The quantitative estimate of drug-likeness (QED) is 0.658. The van der Waals surface area contributed by atoms with E-state index in [-0.39, 0.29) is 17.5 Å². The highest BCUT2D eigenvalue weighted by molar-refractivity contribution is 7.99. The maximum Gasteiger partial charge on any atom is 0.340 e. The summed E-state index contributed by atoms with van der Waals surface area (Å²) in [7, 11) is 0. The number of carboxylic acid groups (broad SMARTS) is 1. The van der Waals surface area contributed by atoms with E-state index >= 15 is 0 Å². The van der Waals surface area contributed by atoms with Crippen molar-refractivity contribution in [1.82, 2.24) is 9.97 Å². The summed E-state index contributed by atoms with van der Waals surface area (Å²) < 4.78 is 18.7. The van der Waals surface area contributed by atoms with Crippen molar-refractivity contribution < 1.29 is 19.0 Å². The monoisotopic (exact) mass is 348 g/mol. The largest absolute Gasteiger partial charge is 0.478 e. The summed E-state index contributed by atoms with van der Waals surface area (Å²) in [5, 5.41) is 9.88.